The van der Waals surface area contributed by atoms with Gasteiger partial charge < -0.3 is 15.5 Å². The van der Waals surface area contributed by atoms with Gasteiger partial charge in [-0.05, 0) is 43.3 Å². The Bertz CT molecular complexity index is 1120. The molecule has 31 heavy (non-hydrogen) atoms. The summed E-state index contributed by atoms with van der Waals surface area (Å²) in [6.45, 7) is 4.35. The number of phenols is 1. The summed E-state index contributed by atoms with van der Waals surface area (Å²) in [5.74, 6) is 0.273. The smallest absolute Gasteiger partial charge is 0.120 e. The number of benzene rings is 3. The Morgan fingerprint density at radius 2 is 1.58 bits per heavy atom. The van der Waals surface area contributed by atoms with Gasteiger partial charge in [0, 0.05) is 35.1 Å². The number of hydrogen-bond donors (Lipinski definition) is 3. The van der Waals surface area contributed by atoms with E-state index in [0.717, 1.165) is 58.1 Å². The van der Waals surface area contributed by atoms with Crippen LogP contribution >= 0.6 is 0 Å². The molecule has 0 aliphatic rings. The molecule has 3 aromatic carbocycles. The molecule has 3 N–H and O–H groups in total. The molecule has 0 fully saturated rings. The Morgan fingerprint density at radius 1 is 0.903 bits per heavy atom. The van der Waals surface area contributed by atoms with Gasteiger partial charge >= 0.3 is 0 Å². The molecule has 0 aliphatic carbocycles. The number of nitrogens with one attached hydrogen (secondary N) is 1. The fourth-order valence-electron chi connectivity index (χ4n) is 3.94. The van der Waals surface area contributed by atoms with E-state index in [1.165, 1.54) is 0 Å². The van der Waals surface area contributed by atoms with E-state index in [4.69, 9.17) is 4.98 Å². The minimum Gasteiger partial charge on any atom is -0.508 e. The van der Waals surface area contributed by atoms with Gasteiger partial charge in [0.25, 0.3) is 0 Å². The monoisotopic (exact) mass is 415 g/mol. The largest absolute Gasteiger partial charge is 0.508 e. The zero-order valence-corrected chi connectivity index (χ0v) is 17.9. The van der Waals surface area contributed by atoms with Crippen molar-refractivity contribution in [3.63, 3.8) is 0 Å². The molecule has 0 spiro atoms. The number of fused-ring (bicyclic) bond motifs is 2. The third-order valence-corrected chi connectivity index (χ3v) is 5.57. The van der Waals surface area contributed by atoms with Crippen molar-refractivity contribution in [2.24, 2.45) is 0 Å². The lowest BCUT2D eigenvalue weighted by Gasteiger charge is -2.22. The van der Waals surface area contributed by atoms with Crippen LogP contribution in [0.25, 0.3) is 21.8 Å². The van der Waals surface area contributed by atoms with Crippen LogP contribution in [0.2, 0.25) is 0 Å². The third-order valence-electron chi connectivity index (χ3n) is 5.57. The van der Waals surface area contributed by atoms with Gasteiger partial charge in [-0.25, -0.2) is 4.98 Å². The first-order valence-corrected chi connectivity index (χ1v) is 10.9. The first-order chi connectivity index (χ1) is 15.2. The molecule has 0 bridgehead atoms. The maximum Gasteiger partial charge on any atom is 0.120 e. The Balaban J connectivity index is 1.70. The normalized spacial score (nSPS) is 11.5. The second-order valence-electron chi connectivity index (χ2n) is 7.84. The molecule has 4 rings (SSSR count). The van der Waals surface area contributed by atoms with Crippen LogP contribution in [0.4, 0.5) is 11.4 Å². The number of unbranched alkanes of at least 4 members (excludes halogenated alkanes) is 1. The standard InChI is InChI=1S/C26H29N3O2/c1-2-3-14-29(15-16-30)18-19-17-20(12-13-25(19)31)27-26-21-8-4-6-10-23(21)28-24-11-7-5-9-22(24)26/h4-13,17,30-31H,2-3,14-16,18H2,1H3,(H,27,28). The van der Waals surface area contributed by atoms with Gasteiger partial charge in [0.15, 0.2) is 0 Å². The number of nitrogens with zero attached hydrogens (tertiary/aromatic N) is 2. The SMILES string of the molecule is CCCCN(CCO)Cc1cc(Nc2c3ccccc3nc3ccccc23)ccc1O. The summed E-state index contributed by atoms with van der Waals surface area (Å²) >= 11 is 0. The van der Waals surface area contributed by atoms with Gasteiger partial charge in [-0.15, -0.1) is 0 Å². The van der Waals surface area contributed by atoms with Gasteiger partial charge in [0.1, 0.15) is 5.75 Å². The number of aliphatic hydroxyl groups is 1. The molecule has 0 amide bonds. The topological polar surface area (TPSA) is 68.6 Å². The number of rotatable bonds is 9. The molecule has 0 aliphatic heterocycles. The van der Waals surface area contributed by atoms with Crippen LogP contribution < -0.4 is 5.32 Å². The van der Waals surface area contributed by atoms with Crippen molar-refractivity contribution in [3.05, 3.63) is 72.3 Å². The highest BCUT2D eigenvalue weighted by molar-refractivity contribution is 6.08. The summed E-state index contributed by atoms with van der Waals surface area (Å²) in [5, 5.41) is 25.6. The molecule has 5 heteroatoms. The second kappa shape index (κ2) is 9.77. The summed E-state index contributed by atoms with van der Waals surface area (Å²) in [4.78, 5) is 6.97. The minimum atomic E-state index is 0.109. The molecular formula is C26H29N3O2. The third kappa shape index (κ3) is 4.79. The summed E-state index contributed by atoms with van der Waals surface area (Å²) in [5.41, 5.74) is 4.65. The molecule has 0 unspecified atom stereocenters. The van der Waals surface area contributed by atoms with E-state index in [1.54, 1.807) is 6.07 Å². The number of phenolic OH excluding ortho intramolecular Hbond substituents is 1. The van der Waals surface area contributed by atoms with Crippen LogP contribution in [0.1, 0.15) is 25.3 Å². The highest BCUT2D eigenvalue weighted by atomic mass is 16.3. The maximum atomic E-state index is 10.5. The van der Waals surface area contributed by atoms with E-state index in [-0.39, 0.29) is 12.4 Å². The summed E-state index contributed by atoms with van der Waals surface area (Å²) in [6.07, 6.45) is 2.16. The van der Waals surface area contributed by atoms with Crippen LogP contribution in [-0.4, -0.2) is 39.8 Å². The zero-order chi connectivity index (χ0) is 21.6. The second-order valence-corrected chi connectivity index (χ2v) is 7.84. The number of para-hydroxylation sites is 2. The molecule has 0 radical (unpaired) electrons. The van der Waals surface area contributed by atoms with Crippen molar-refractivity contribution in [2.75, 3.05) is 25.0 Å². The lowest BCUT2D eigenvalue weighted by atomic mass is 10.1. The van der Waals surface area contributed by atoms with Crippen molar-refractivity contribution in [3.8, 4) is 5.75 Å². The molecular weight excluding hydrogens is 386 g/mol. The van der Waals surface area contributed by atoms with E-state index in [2.05, 4.69) is 29.3 Å². The average Bonchev–Trinajstić information content (AvgIpc) is 2.79. The van der Waals surface area contributed by atoms with Crippen molar-refractivity contribution >= 4 is 33.2 Å². The van der Waals surface area contributed by atoms with Gasteiger partial charge in [-0.3, -0.25) is 4.90 Å². The van der Waals surface area contributed by atoms with Crippen molar-refractivity contribution in [2.45, 2.75) is 26.3 Å². The number of anilines is 2. The van der Waals surface area contributed by atoms with E-state index in [9.17, 15) is 10.2 Å². The van der Waals surface area contributed by atoms with E-state index >= 15 is 0 Å². The molecule has 1 heterocycles. The first kappa shape index (κ1) is 21.1. The number of hydrogen-bond acceptors (Lipinski definition) is 5. The molecule has 5 nitrogen and oxygen atoms in total. The fraction of sp³-hybridized carbons (Fsp3) is 0.269. The van der Waals surface area contributed by atoms with Gasteiger partial charge in [-0.1, -0.05) is 49.7 Å². The number of aromatic nitrogens is 1. The fourth-order valence-corrected chi connectivity index (χ4v) is 3.94. The maximum absolute atomic E-state index is 10.5. The zero-order valence-electron chi connectivity index (χ0n) is 17.9. The Kier molecular flexibility index (Phi) is 6.65. The summed E-state index contributed by atoms with van der Waals surface area (Å²) < 4.78 is 0. The molecule has 0 atom stereocenters. The molecule has 160 valence electrons. The molecule has 4 aromatic rings. The van der Waals surface area contributed by atoms with Crippen molar-refractivity contribution < 1.29 is 10.2 Å². The van der Waals surface area contributed by atoms with E-state index < -0.39 is 0 Å². The molecule has 0 saturated carbocycles. The predicted molar refractivity (Wildman–Crippen MR) is 128 cm³/mol. The van der Waals surface area contributed by atoms with Crippen molar-refractivity contribution in [1.82, 2.24) is 9.88 Å². The highest BCUT2D eigenvalue weighted by Crippen LogP contribution is 2.34. The lowest BCUT2D eigenvalue weighted by molar-refractivity contribution is 0.187. The van der Waals surface area contributed by atoms with Crippen LogP contribution in [0, 0.1) is 0 Å². The Labute approximate surface area is 183 Å². The molecule has 1 aromatic heterocycles. The van der Waals surface area contributed by atoms with Gasteiger partial charge in [0.2, 0.25) is 0 Å². The van der Waals surface area contributed by atoms with Crippen LogP contribution in [0.5, 0.6) is 5.75 Å². The quantitative estimate of drug-likeness (QED) is 0.251. The molecule has 0 saturated heterocycles. The summed E-state index contributed by atoms with van der Waals surface area (Å²) in [6, 6.07) is 21.9. The van der Waals surface area contributed by atoms with E-state index in [0.29, 0.717) is 13.1 Å². The Morgan fingerprint density at radius 3 is 2.23 bits per heavy atom. The first-order valence-electron chi connectivity index (χ1n) is 10.9. The average molecular weight is 416 g/mol. The van der Waals surface area contributed by atoms with Crippen LogP contribution in [-0.2, 0) is 6.54 Å². The number of aliphatic hydroxyl groups excluding tert-OH is 1. The Hall–Kier alpha value is -3.15. The van der Waals surface area contributed by atoms with Crippen LogP contribution in [0.3, 0.4) is 0 Å². The van der Waals surface area contributed by atoms with Gasteiger partial charge in [0.05, 0.1) is 23.3 Å². The number of aromatic hydroxyl groups is 1. The van der Waals surface area contributed by atoms with E-state index in [1.807, 2.05) is 48.5 Å². The number of pyridine rings is 1. The van der Waals surface area contributed by atoms with Gasteiger partial charge in [-0.2, -0.15) is 0 Å². The van der Waals surface area contributed by atoms with Crippen molar-refractivity contribution in [1.29, 1.82) is 0 Å². The van der Waals surface area contributed by atoms with Crippen LogP contribution in [0.15, 0.2) is 66.7 Å². The highest BCUT2D eigenvalue weighted by Gasteiger charge is 2.12. The lowest BCUT2D eigenvalue weighted by Crippen LogP contribution is -2.27. The minimum absolute atomic E-state index is 0.109. The summed E-state index contributed by atoms with van der Waals surface area (Å²) in [7, 11) is 0. The predicted octanol–water partition coefficient (Wildman–Crippen LogP) is 5.43.